The minimum absolute atomic E-state index is 0.0703. The predicted octanol–water partition coefficient (Wildman–Crippen LogP) is 5.16. The lowest BCUT2D eigenvalue weighted by Crippen LogP contribution is -2.29. The highest BCUT2D eigenvalue weighted by Gasteiger charge is 2.14. The summed E-state index contributed by atoms with van der Waals surface area (Å²) in [5, 5.41) is 4.25. The van der Waals surface area contributed by atoms with Crippen molar-refractivity contribution in [3.63, 3.8) is 0 Å². The summed E-state index contributed by atoms with van der Waals surface area (Å²) in [5.41, 5.74) is 2.69. The van der Waals surface area contributed by atoms with Gasteiger partial charge in [-0.25, -0.2) is 0 Å². The highest BCUT2D eigenvalue weighted by molar-refractivity contribution is 6.33. The number of hydrogen-bond donors (Lipinski definition) is 1. The summed E-state index contributed by atoms with van der Waals surface area (Å²) in [4.78, 5) is 14.5. The van der Waals surface area contributed by atoms with Crippen LogP contribution in [0.1, 0.15) is 24.8 Å². The smallest absolute Gasteiger partial charge is 0.228 e. The molecule has 0 saturated carbocycles. The normalized spacial score (nSPS) is 14.5. The van der Waals surface area contributed by atoms with Crippen molar-refractivity contribution in [3.05, 3.63) is 58.1 Å². The van der Waals surface area contributed by atoms with E-state index in [1.54, 1.807) is 12.1 Å². The molecule has 1 saturated heterocycles. The largest absolute Gasteiger partial charge is 0.370 e. The van der Waals surface area contributed by atoms with Gasteiger partial charge in [-0.15, -0.1) is 0 Å². The lowest BCUT2D eigenvalue weighted by Gasteiger charge is -2.29. The Morgan fingerprint density at radius 2 is 1.71 bits per heavy atom. The molecule has 0 unspecified atom stereocenters. The topological polar surface area (TPSA) is 32.3 Å². The van der Waals surface area contributed by atoms with Gasteiger partial charge in [0.1, 0.15) is 0 Å². The highest BCUT2D eigenvalue weighted by Crippen LogP contribution is 2.30. The number of piperidine rings is 1. The average Bonchev–Trinajstić information content (AvgIpc) is 2.58. The number of hydrogen-bond acceptors (Lipinski definition) is 2. The number of carbonyl (C=O) groups is 1. The Balaban J connectivity index is 1.63. The van der Waals surface area contributed by atoms with E-state index >= 15 is 0 Å². The SMILES string of the molecule is O=C(Cc1ccc(Cl)cc1)Nc1ccc(N2CCCCC2)c(Cl)c1. The molecule has 24 heavy (non-hydrogen) atoms. The molecule has 1 heterocycles. The Kier molecular flexibility index (Phi) is 5.64. The fourth-order valence-corrected chi connectivity index (χ4v) is 3.39. The zero-order valence-corrected chi connectivity index (χ0v) is 14.9. The van der Waals surface area contributed by atoms with E-state index in [1.165, 1.54) is 19.3 Å². The first-order chi connectivity index (χ1) is 11.6. The van der Waals surface area contributed by atoms with Crippen molar-refractivity contribution in [1.82, 2.24) is 0 Å². The van der Waals surface area contributed by atoms with Crippen molar-refractivity contribution in [1.29, 1.82) is 0 Å². The van der Waals surface area contributed by atoms with Crippen LogP contribution in [0.25, 0.3) is 0 Å². The number of carbonyl (C=O) groups excluding carboxylic acids is 1. The quantitative estimate of drug-likeness (QED) is 0.813. The molecule has 1 fully saturated rings. The molecule has 3 rings (SSSR count). The van der Waals surface area contributed by atoms with Crippen molar-refractivity contribution >= 4 is 40.5 Å². The molecule has 0 aliphatic carbocycles. The maximum atomic E-state index is 12.2. The van der Waals surface area contributed by atoms with E-state index in [2.05, 4.69) is 10.2 Å². The molecule has 2 aromatic carbocycles. The molecular weight excluding hydrogens is 343 g/mol. The molecular formula is C19H20Cl2N2O. The Morgan fingerprint density at radius 1 is 1.00 bits per heavy atom. The molecule has 5 heteroatoms. The number of benzene rings is 2. The molecule has 1 amide bonds. The van der Waals surface area contributed by atoms with Gasteiger partial charge in [0.25, 0.3) is 0 Å². The summed E-state index contributed by atoms with van der Waals surface area (Å²) in [6.45, 7) is 2.09. The number of anilines is 2. The second kappa shape index (κ2) is 7.91. The maximum Gasteiger partial charge on any atom is 0.228 e. The predicted molar refractivity (Wildman–Crippen MR) is 101 cm³/mol. The van der Waals surface area contributed by atoms with Crippen LogP contribution in [0.4, 0.5) is 11.4 Å². The summed E-state index contributed by atoms with van der Waals surface area (Å²) < 4.78 is 0. The first-order valence-electron chi connectivity index (χ1n) is 8.20. The van der Waals surface area contributed by atoms with Gasteiger partial charge in [0.15, 0.2) is 0 Å². The van der Waals surface area contributed by atoms with Crippen LogP contribution in [0.3, 0.4) is 0 Å². The van der Waals surface area contributed by atoms with Crippen molar-refractivity contribution in [2.24, 2.45) is 0 Å². The average molecular weight is 363 g/mol. The van der Waals surface area contributed by atoms with Gasteiger partial charge in [-0.1, -0.05) is 35.3 Å². The molecule has 1 aliphatic rings. The zero-order chi connectivity index (χ0) is 16.9. The Bertz CT molecular complexity index is 710. The molecule has 0 spiro atoms. The lowest BCUT2D eigenvalue weighted by molar-refractivity contribution is -0.115. The Hall–Kier alpha value is -1.71. The van der Waals surface area contributed by atoms with Crippen molar-refractivity contribution in [2.45, 2.75) is 25.7 Å². The van der Waals surface area contributed by atoms with Crippen LogP contribution < -0.4 is 10.2 Å². The Labute approximate surface area is 152 Å². The summed E-state index contributed by atoms with van der Waals surface area (Å²) >= 11 is 12.3. The molecule has 2 aromatic rings. The molecule has 1 aliphatic heterocycles. The van der Waals surface area contributed by atoms with Gasteiger partial charge in [0.05, 0.1) is 17.1 Å². The van der Waals surface area contributed by atoms with E-state index in [0.29, 0.717) is 16.5 Å². The summed E-state index contributed by atoms with van der Waals surface area (Å²) in [5.74, 6) is -0.0703. The van der Waals surface area contributed by atoms with Gasteiger partial charge in [-0.3, -0.25) is 4.79 Å². The number of nitrogens with one attached hydrogen (secondary N) is 1. The van der Waals surface area contributed by atoms with Gasteiger partial charge < -0.3 is 10.2 Å². The third-order valence-corrected chi connectivity index (χ3v) is 4.76. The van der Waals surface area contributed by atoms with Crippen LogP contribution in [0.15, 0.2) is 42.5 Å². The van der Waals surface area contributed by atoms with Crippen molar-refractivity contribution in [3.8, 4) is 0 Å². The highest BCUT2D eigenvalue weighted by atomic mass is 35.5. The van der Waals surface area contributed by atoms with E-state index in [-0.39, 0.29) is 5.91 Å². The molecule has 3 nitrogen and oxygen atoms in total. The van der Waals surface area contributed by atoms with Crippen molar-refractivity contribution < 1.29 is 4.79 Å². The lowest BCUT2D eigenvalue weighted by atomic mass is 10.1. The number of amides is 1. The van der Waals surface area contributed by atoms with E-state index in [9.17, 15) is 4.79 Å². The van der Waals surface area contributed by atoms with Gasteiger partial charge in [0.2, 0.25) is 5.91 Å². The van der Waals surface area contributed by atoms with Crippen LogP contribution >= 0.6 is 23.2 Å². The molecule has 1 N–H and O–H groups in total. The second-order valence-corrected chi connectivity index (χ2v) is 6.91. The first-order valence-corrected chi connectivity index (χ1v) is 8.96. The Morgan fingerprint density at radius 3 is 2.38 bits per heavy atom. The molecule has 0 radical (unpaired) electrons. The van der Waals surface area contributed by atoms with E-state index in [0.717, 1.165) is 30.0 Å². The standard InChI is InChI=1S/C19H20Cl2N2O/c20-15-6-4-14(5-7-15)12-19(24)22-16-8-9-18(17(21)13-16)23-10-2-1-3-11-23/h4-9,13H,1-3,10-12H2,(H,22,24). The second-order valence-electron chi connectivity index (χ2n) is 6.07. The van der Waals surface area contributed by atoms with Crippen LogP contribution in [0.5, 0.6) is 0 Å². The zero-order valence-electron chi connectivity index (χ0n) is 13.4. The van der Waals surface area contributed by atoms with Gasteiger partial charge in [-0.2, -0.15) is 0 Å². The van der Waals surface area contributed by atoms with Gasteiger partial charge >= 0.3 is 0 Å². The molecule has 0 bridgehead atoms. The molecule has 0 aromatic heterocycles. The van der Waals surface area contributed by atoms with E-state index in [1.807, 2.05) is 30.3 Å². The number of halogens is 2. The van der Waals surface area contributed by atoms with Crippen LogP contribution in [0.2, 0.25) is 10.0 Å². The third-order valence-electron chi connectivity index (χ3n) is 4.21. The van der Waals surface area contributed by atoms with Gasteiger partial charge in [0, 0.05) is 23.8 Å². The van der Waals surface area contributed by atoms with Crippen molar-refractivity contribution in [2.75, 3.05) is 23.3 Å². The first kappa shape index (κ1) is 17.1. The minimum Gasteiger partial charge on any atom is -0.370 e. The summed E-state index contributed by atoms with van der Waals surface area (Å²) in [7, 11) is 0. The molecule has 126 valence electrons. The van der Waals surface area contributed by atoms with Crippen LogP contribution in [-0.2, 0) is 11.2 Å². The van der Waals surface area contributed by atoms with Gasteiger partial charge in [-0.05, 0) is 55.2 Å². The fraction of sp³-hybridized carbons (Fsp3) is 0.316. The van der Waals surface area contributed by atoms with Crippen LogP contribution in [0, 0.1) is 0 Å². The maximum absolute atomic E-state index is 12.2. The monoisotopic (exact) mass is 362 g/mol. The van der Waals surface area contributed by atoms with Crippen LogP contribution in [-0.4, -0.2) is 19.0 Å². The van der Waals surface area contributed by atoms with E-state index < -0.39 is 0 Å². The number of nitrogens with zero attached hydrogens (tertiary/aromatic N) is 1. The number of rotatable bonds is 4. The summed E-state index contributed by atoms with van der Waals surface area (Å²) in [6.07, 6.45) is 4.00. The van der Waals surface area contributed by atoms with E-state index in [4.69, 9.17) is 23.2 Å². The molecule has 0 atom stereocenters. The fourth-order valence-electron chi connectivity index (χ4n) is 2.97. The summed E-state index contributed by atoms with van der Waals surface area (Å²) in [6, 6.07) is 13.0. The minimum atomic E-state index is -0.0703. The third kappa shape index (κ3) is 4.43.